The van der Waals surface area contributed by atoms with E-state index >= 15 is 0 Å². The Morgan fingerprint density at radius 1 is 1.41 bits per heavy atom. The van der Waals surface area contributed by atoms with Gasteiger partial charge in [0, 0.05) is 13.2 Å². The van der Waals surface area contributed by atoms with Gasteiger partial charge in [-0.05, 0) is 43.6 Å². The Morgan fingerprint density at radius 2 is 2.18 bits per heavy atom. The first-order valence-electron chi connectivity index (χ1n) is 6.25. The number of hydrogen-bond donors (Lipinski definition) is 1. The van der Waals surface area contributed by atoms with Crippen molar-refractivity contribution in [1.29, 1.82) is 0 Å². The smallest absolute Gasteiger partial charge is 0.0716 e. The van der Waals surface area contributed by atoms with E-state index in [2.05, 4.69) is 36.2 Å². The number of methoxy groups -OCH3 is 1. The highest BCUT2D eigenvalue weighted by Crippen LogP contribution is 2.37. The SMILES string of the molecule is COCc1ccccc1C1C(CN)CCN1C. The predicted octanol–water partition coefficient (Wildman–Crippen LogP) is 1.78. The molecule has 1 aromatic rings. The topological polar surface area (TPSA) is 38.5 Å². The first-order chi connectivity index (χ1) is 8.27. The molecule has 1 aliphatic rings. The molecule has 0 spiro atoms. The van der Waals surface area contributed by atoms with Crippen molar-refractivity contribution in [2.45, 2.75) is 19.1 Å². The van der Waals surface area contributed by atoms with Gasteiger partial charge < -0.3 is 10.5 Å². The molecule has 3 nitrogen and oxygen atoms in total. The Balaban J connectivity index is 2.31. The Kier molecular flexibility index (Phi) is 4.15. The highest BCUT2D eigenvalue weighted by atomic mass is 16.5. The molecule has 1 aromatic carbocycles. The molecule has 0 amide bonds. The van der Waals surface area contributed by atoms with Crippen LogP contribution in [0.2, 0.25) is 0 Å². The molecular weight excluding hydrogens is 212 g/mol. The van der Waals surface area contributed by atoms with Crippen molar-refractivity contribution in [3.05, 3.63) is 35.4 Å². The Hall–Kier alpha value is -0.900. The second kappa shape index (κ2) is 5.63. The lowest BCUT2D eigenvalue weighted by atomic mass is 9.91. The van der Waals surface area contributed by atoms with Gasteiger partial charge in [0.2, 0.25) is 0 Å². The maximum atomic E-state index is 5.89. The number of nitrogens with two attached hydrogens (primary N) is 1. The lowest BCUT2D eigenvalue weighted by Crippen LogP contribution is -2.26. The monoisotopic (exact) mass is 234 g/mol. The number of nitrogens with zero attached hydrogens (tertiary/aromatic N) is 1. The third-order valence-electron chi connectivity index (χ3n) is 3.75. The molecule has 2 atom stereocenters. The average Bonchev–Trinajstić information content (AvgIpc) is 2.72. The molecule has 2 unspecified atom stereocenters. The van der Waals surface area contributed by atoms with Crippen LogP contribution in [0.1, 0.15) is 23.6 Å². The Morgan fingerprint density at radius 3 is 2.88 bits per heavy atom. The molecule has 94 valence electrons. The largest absolute Gasteiger partial charge is 0.380 e. The van der Waals surface area contributed by atoms with Crippen LogP contribution in [-0.2, 0) is 11.3 Å². The minimum atomic E-state index is 0.450. The van der Waals surface area contributed by atoms with Crippen LogP contribution >= 0.6 is 0 Å². The molecule has 0 aliphatic carbocycles. The summed E-state index contributed by atoms with van der Waals surface area (Å²) < 4.78 is 5.28. The Bertz CT molecular complexity index is 367. The van der Waals surface area contributed by atoms with Crippen LogP contribution in [0.15, 0.2) is 24.3 Å². The van der Waals surface area contributed by atoms with E-state index in [4.69, 9.17) is 10.5 Å². The number of likely N-dealkylation sites (tertiary alicyclic amines) is 1. The lowest BCUT2D eigenvalue weighted by Gasteiger charge is -2.26. The molecule has 3 heteroatoms. The van der Waals surface area contributed by atoms with Crippen LogP contribution < -0.4 is 5.73 Å². The normalized spacial score (nSPS) is 25.4. The van der Waals surface area contributed by atoms with Crippen molar-refractivity contribution in [2.24, 2.45) is 11.7 Å². The third kappa shape index (κ3) is 2.51. The summed E-state index contributed by atoms with van der Waals surface area (Å²) in [5.74, 6) is 0.568. The summed E-state index contributed by atoms with van der Waals surface area (Å²) in [6.07, 6.45) is 1.19. The second-order valence-electron chi connectivity index (χ2n) is 4.84. The number of ether oxygens (including phenoxy) is 1. The minimum Gasteiger partial charge on any atom is -0.380 e. The van der Waals surface area contributed by atoms with E-state index in [1.165, 1.54) is 17.5 Å². The van der Waals surface area contributed by atoms with Crippen LogP contribution in [-0.4, -0.2) is 32.1 Å². The number of benzene rings is 1. The molecule has 1 saturated heterocycles. The summed E-state index contributed by atoms with van der Waals surface area (Å²) in [6.45, 7) is 2.57. The van der Waals surface area contributed by atoms with Crippen molar-refractivity contribution in [3.8, 4) is 0 Å². The van der Waals surface area contributed by atoms with E-state index in [9.17, 15) is 0 Å². The summed E-state index contributed by atoms with van der Waals surface area (Å²) in [7, 11) is 3.93. The van der Waals surface area contributed by atoms with Crippen LogP contribution in [0.25, 0.3) is 0 Å². The zero-order valence-electron chi connectivity index (χ0n) is 10.7. The van der Waals surface area contributed by atoms with Crippen LogP contribution in [0.3, 0.4) is 0 Å². The summed E-state index contributed by atoms with van der Waals surface area (Å²) in [6, 6.07) is 8.99. The second-order valence-corrected chi connectivity index (χ2v) is 4.84. The first-order valence-corrected chi connectivity index (χ1v) is 6.25. The van der Waals surface area contributed by atoms with Crippen LogP contribution in [0.5, 0.6) is 0 Å². The van der Waals surface area contributed by atoms with Gasteiger partial charge in [-0.2, -0.15) is 0 Å². The van der Waals surface area contributed by atoms with Crippen molar-refractivity contribution < 1.29 is 4.74 Å². The summed E-state index contributed by atoms with van der Waals surface area (Å²) >= 11 is 0. The molecule has 0 bridgehead atoms. The van der Waals surface area contributed by atoms with Crippen LogP contribution in [0.4, 0.5) is 0 Å². The number of rotatable bonds is 4. The van der Waals surface area contributed by atoms with Gasteiger partial charge >= 0.3 is 0 Å². The van der Waals surface area contributed by atoms with E-state index < -0.39 is 0 Å². The van der Waals surface area contributed by atoms with Gasteiger partial charge in [0.15, 0.2) is 0 Å². The quantitative estimate of drug-likeness (QED) is 0.863. The predicted molar refractivity (Wildman–Crippen MR) is 69.7 cm³/mol. The first kappa shape index (κ1) is 12.6. The standard InChI is InChI=1S/C14H22N2O/c1-16-8-7-11(9-15)14(16)13-6-4-3-5-12(13)10-17-2/h3-6,11,14H,7-10,15H2,1-2H3. The summed E-state index contributed by atoms with van der Waals surface area (Å²) in [5.41, 5.74) is 8.55. The molecule has 2 rings (SSSR count). The maximum Gasteiger partial charge on any atom is 0.0716 e. The van der Waals surface area contributed by atoms with Crippen molar-refractivity contribution in [1.82, 2.24) is 4.90 Å². The molecule has 0 saturated carbocycles. The average molecular weight is 234 g/mol. The summed E-state index contributed by atoms with van der Waals surface area (Å²) in [5, 5.41) is 0. The fourth-order valence-corrected chi connectivity index (χ4v) is 2.87. The molecular formula is C14H22N2O. The van der Waals surface area contributed by atoms with E-state index in [0.29, 0.717) is 18.6 Å². The van der Waals surface area contributed by atoms with Gasteiger partial charge in [0.05, 0.1) is 6.61 Å². The Labute approximate surface area is 104 Å². The van der Waals surface area contributed by atoms with Gasteiger partial charge in [-0.3, -0.25) is 4.90 Å². The van der Waals surface area contributed by atoms with E-state index in [1.54, 1.807) is 7.11 Å². The molecule has 17 heavy (non-hydrogen) atoms. The molecule has 0 radical (unpaired) electrons. The van der Waals surface area contributed by atoms with Crippen molar-refractivity contribution in [3.63, 3.8) is 0 Å². The van der Waals surface area contributed by atoms with Gasteiger partial charge in [0.25, 0.3) is 0 Å². The fraction of sp³-hybridized carbons (Fsp3) is 0.571. The fourth-order valence-electron chi connectivity index (χ4n) is 2.87. The lowest BCUT2D eigenvalue weighted by molar-refractivity contribution is 0.181. The number of hydrogen-bond acceptors (Lipinski definition) is 3. The van der Waals surface area contributed by atoms with Gasteiger partial charge in [-0.25, -0.2) is 0 Å². The van der Waals surface area contributed by atoms with Gasteiger partial charge in [0.1, 0.15) is 0 Å². The zero-order chi connectivity index (χ0) is 12.3. The molecule has 1 aliphatic heterocycles. The van der Waals surface area contributed by atoms with Crippen molar-refractivity contribution in [2.75, 3.05) is 27.2 Å². The van der Waals surface area contributed by atoms with E-state index in [1.807, 2.05) is 0 Å². The zero-order valence-corrected chi connectivity index (χ0v) is 10.7. The molecule has 0 aromatic heterocycles. The van der Waals surface area contributed by atoms with Crippen molar-refractivity contribution >= 4 is 0 Å². The van der Waals surface area contributed by atoms with Gasteiger partial charge in [-0.1, -0.05) is 24.3 Å². The van der Waals surface area contributed by atoms with Gasteiger partial charge in [-0.15, -0.1) is 0 Å². The highest BCUT2D eigenvalue weighted by molar-refractivity contribution is 5.31. The van der Waals surface area contributed by atoms with Crippen LogP contribution in [0, 0.1) is 5.92 Å². The molecule has 1 heterocycles. The molecule has 2 N–H and O–H groups in total. The third-order valence-corrected chi connectivity index (χ3v) is 3.75. The van der Waals surface area contributed by atoms with E-state index in [-0.39, 0.29) is 0 Å². The maximum absolute atomic E-state index is 5.89. The van der Waals surface area contributed by atoms with E-state index in [0.717, 1.165) is 13.1 Å². The molecule has 1 fully saturated rings. The highest BCUT2D eigenvalue weighted by Gasteiger charge is 2.32. The summed E-state index contributed by atoms with van der Waals surface area (Å²) in [4.78, 5) is 2.41. The minimum absolute atomic E-state index is 0.450.